The molecule has 70 valence electrons. The van der Waals surface area contributed by atoms with Crippen LogP contribution in [0.25, 0.3) is 6.08 Å². The van der Waals surface area contributed by atoms with Crippen molar-refractivity contribution in [1.29, 1.82) is 0 Å². The van der Waals surface area contributed by atoms with E-state index in [1.54, 1.807) is 13.2 Å². The molecule has 0 aliphatic carbocycles. The second-order valence-corrected chi connectivity index (χ2v) is 2.95. The molecule has 3 heteroatoms. The predicted octanol–water partition coefficient (Wildman–Crippen LogP) is 2.22. The normalized spacial score (nSPS) is 10.6. The van der Waals surface area contributed by atoms with Gasteiger partial charge < -0.3 is 10.5 Å². The van der Waals surface area contributed by atoms with Gasteiger partial charge in [0.1, 0.15) is 5.75 Å². The lowest BCUT2D eigenvalue weighted by atomic mass is 10.1. The number of benzene rings is 1. The van der Waals surface area contributed by atoms with E-state index in [2.05, 4.69) is 12.6 Å². The minimum Gasteiger partial charge on any atom is -0.496 e. The quantitative estimate of drug-likeness (QED) is 0.573. The average molecular weight is 195 g/mol. The van der Waals surface area contributed by atoms with Crippen LogP contribution < -0.4 is 10.5 Å². The molecule has 1 aromatic carbocycles. The molecular formula is C10H13NOS. The zero-order valence-corrected chi connectivity index (χ0v) is 8.42. The summed E-state index contributed by atoms with van der Waals surface area (Å²) in [4.78, 5) is 0. The zero-order chi connectivity index (χ0) is 9.68. The highest BCUT2D eigenvalue weighted by atomic mass is 32.1. The standard InChI is InChI=1S/C10H13NOS/c1-12-10-7-9(11)5-4-8(10)3-2-6-13/h2-5,7,13H,6,11H2,1H3. The summed E-state index contributed by atoms with van der Waals surface area (Å²) in [6.45, 7) is 0. The third-order valence-electron chi connectivity index (χ3n) is 1.66. The average Bonchev–Trinajstić information content (AvgIpc) is 2.16. The number of hydrogen-bond acceptors (Lipinski definition) is 3. The van der Waals surface area contributed by atoms with Gasteiger partial charge >= 0.3 is 0 Å². The molecule has 0 saturated carbocycles. The molecule has 0 saturated heterocycles. The molecule has 0 atom stereocenters. The number of methoxy groups -OCH3 is 1. The van der Waals surface area contributed by atoms with Crippen LogP contribution in [-0.2, 0) is 0 Å². The monoisotopic (exact) mass is 195 g/mol. The molecule has 0 aliphatic heterocycles. The predicted molar refractivity (Wildman–Crippen MR) is 60.3 cm³/mol. The van der Waals surface area contributed by atoms with Crippen molar-refractivity contribution in [3.8, 4) is 5.75 Å². The van der Waals surface area contributed by atoms with Gasteiger partial charge in [-0.3, -0.25) is 0 Å². The summed E-state index contributed by atoms with van der Waals surface area (Å²) in [5, 5.41) is 0. The number of anilines is 1. The summed E-state index contributed by atoms with van der Waals surface area (Å²) in [6, 6.07) is 5.58. The van der Waals surface area contributed by atoms with Crippen LogP contribution in [0.2, 0.25) is 0 Å². The van der Waals surface area contributed by atoms with Crippen LogP contribution in [0.3, 0.4) is 0 Å². The number of nitrogens with two attached hydrogens (primary N) is 1. The third-order valence-corrected chi connectivity index (χ3v) is 1.87. The summed E-state index contributed by atoms with van der Waals surface area (Å²) in [7, 11) is 1.63. The molecular weight excluding hydrogens is 182 g/mol. The van der Waals surface area contributed by atoms with Gasteiger partial charge in [0.05, 0.1) is 7.11 Å². The molecule has 2 nitrogen and oxygen atoms in total. The molecule has 0 radical (unpaired) electrons. The highest BCUT2D eigenvalue weighted by Gasteiger charge is 1.98. The van der Waals surface area contributed by atoms with Crippen LogP contribution in [-0.4, -0.2) is 12.9 Å². The fraction of sp³-hybridized carbons (Fsp3) is 0.200. The smallest absolute Gasteiger partial charge is 0.128 e. The van der Waals surface area contributed by atoms with Crippen LogP contribution in [0.1, 0.15) is 5.56 Å². The van der Waals surface area contributed by atoms with Crippen molar-refractivity contribution in [3.05, 3.63) is 29.8 Å². The highest BCUT2D eigenvalue weighted by Crippen LogP contribution is 2.22. The van der Waals surface area contributed by atoms with Gasteiger partial charge in [0, 0.05) is 23.1 Å². The Kier molecular flexibility index (Phi) is 3.71. The Morgan fingerprint density at radius 2 is 2.31 bits per heavy atom. The van der Waals surface area contributed by atoms with E-state index in [-0.39, 0.29) is 0 Å². The van der Waals surface area contributed by atoms with Gasteiger partial charge in [0.2, 0.25) is 0 Å². The molecule has 0 heterocycles. The van der Waals surface area contributed by atoms with Crippen molar-refractivity contribution in [2.75, 3.05) is 18.6 Å². The second kappa shape index (κ2) is 4.82. The van der Waals surface area contributed by atoms with Crippen LogP contribution >= 0.6 is 12.6 Å². The molecule has 2 N–H and O–H groups in total. The van der Waals surface area contributed by atoms with Crippen molar-refractivity contribution in [2.45, 2.75) is 0 Å². The Morgan fingerprint density at radius 1 is 1.54 bits per heavy atom. The van der Waals surface area contributed by atoms with E-state index in [9.17, 15) is 0 Å². The van der Waals surface area contributed by atoms with Crippen LogP contribution in [0, 0.1) is 0 Å². The van der Waals surface area contributed by atoms with E-state index >= 15 is 0 Å². The Labute approximate surface area is 83.8 Å². The molecule has 1 rings (SSSR count). The number of thiol groups is 1. The summed E-state index contributed by atoms with van der Waals surface area (Å²) >= 11 is 4.08. The molecule has 0 amide bonds. The Hall–Kier alpha value is -1.09. The molecule has 0 fully saturated rings. The number of ether oxygens (including phenoxy) is 1. The Balaban J connectivity index is 2.99. The number of rotatable bonds is 3. The molecule has 13 heavy (non-hydrogen) atoms. The van der Waals surface area contributed by atoms with E-state index in [1.165, 1.54) is 0 Å². The van der Waals surface area contributed by atoms with E-state index in [1.807, 2.05) is 24.3 Å². The van der Waals surface area contributed by atoms with Crippen molar-refractivity contribution in [3.63, 3.8) is 0 Å². The van der Waals surface area contributed by atoms with Crippen molar-refractivity contribution in [1.82, 2.24) is 0 Å². The molecule has 0 aliphatic rings. The van der Waals surface area contributed by atoms with E-state index in [0.717, 1.165) is 11.3 Å². The molecule has 1 aromatic rings. The van der Waals surface area contributed by atoms with E-state index < -0.39 is 0 Å². The molecule has 0 aromatic heterocycles. The molecule has 0 unspecified atom stereocenters. The van der Waals surface area contributed by atoms with Gasteiger partial charge in [-0.1, -0.05) is 12.2 Å². The first kappa shape index (κ1) is 9.99. The molecule has 0 bridgehead atoms. The largest absolute Gasteiger partial charge is 0.496 e. The topological polar surface area (TPSA) is 35.2 Å². The van der Waals surface area contributed by atoms with Gasteiger partial charge in [-0.2, -0.15) is 12.6 Å². The summed E-state index contributed by atoms with van der Waals surface area (Å²) in [5.74, 6) is 1.51. The van der Waals surface area contributed by atoms with Gasteiger partial charge in [-0.05, 0) is 12.1 Å². The van der Waals surface area contributed by atoms with E-state index in [0.29, 0.717) is 11.4 Å². The Morgan fingerprint density at radius 3 is 2.92 bits per heavy atom. The highest BCUT2D eigenvalue weighted by molar-refractivity contribution is 7.80. The van der Waals surface area contributed by atoms with Gasteiger partial charge in [0.25, 0.3) is 0 Å². The maximum Gasteiger partial charge on any atom is 0.128 e. The first-order valence-electron chi connectivity index (χ1n) is 3.99. The van der Waals surface area contributed by atoms with Crippen LogP contribution in [0.15, 0.2) is 24.3 Å². The van der Waals surface area contributed by atoms with E-state index in [4.69, 9.17) is 10.5 Å². The lowest BCUT2D eigenvalue weighted by Crippen LogP contribution is -1.90. The maximum atomic E-state index is 5.61. The summed E-state index contributed by atoms with van der Waals surface area (Å²) in [5.41, 5.74) is 7.34. The van der Waals surface area contributed by atoms with Crippen LogP contribution in [0.4, 0.5) is 5.69 Å². The summed E-state index contributed by atoms with van der Waals surface area (Å²) in [6.07, 6.45) is 3.92. The third kappa shape index (κ3) is 2.70. The van der Waals surface area contributed by atoms with Crippen molar-refractivity contribution >= 4 is 24.4 Å². The minimum atomic E-state index is 0.708. The minimum absolute atomic E-state index is 0.708. The Bertz CT molecular complexity index is 310. The number of hydrogen-bond donors (Lipinski definition) is 2. The first-order valence-corrected chi connectivity index (χ1v) is 4.62. The van der Waals surface area contributed by atoms with Gasteiger partial charge in [-0.15, -0.1) is 0 Å². The maximum absolute atomic E-state index is 5.61. The fourth-order valence-corrected chi connectivity index (χ4v) is 1.15. The van der Waals surface area contributed by atoms with Crippen molar-refractivity contribution in [2.24, 2.45) is 0 Å². The second-order valence-electron chi connectivity index (χ2n) is 2.59. The first-order chi connectivity index (χ1) is 6.27. The zero-order valence-electron chi connectivity index (χ0n) is 7.53. The van der Waals surface area contributed by atoms with Crippen LogP contribution in [0.5, 0.6) is 5.75 Å². The lowest BCUT2D eigenvalue weighted by Gasteiger charge is -2.05. The fourth-order valence-electron chi connectivity index (χ4n) is 1.05. The molecule has 0 spiro atoms. The van der Waals surface area contributed by atoms with Crippen molar-refractivity contribution < 1.29 is 4.74 Å². The lowest BCUT2D eigenvalue weighted by molar-refractivity contribution is 0.414. The van der Waals surface area contributed by atoms with Gasteiger partial charge in [0.15, 0.2) is 0 Å². The number of nitrogen functional groups attached to an aromatic ring is 1. The summed E-state index contributed by atoms with van der Waals surface area (Å²) < 4.78 is 5.17. The van der Waals surface area contributed by atoms with Gasteiger partial charge in [-0.25, -0.2) is 0 Å². The SMILES string of the molecule is COc1cc(N)ccc1C=CCS.